The number of hydrogen-bond donors (Lipinski definition) is 2. The van der Waals surface area contributed by atoms with Gasteiger partial charge in [0.1, 0.15) is 5.75 Å². The maximum Gasteiger partial charge on any atom is 0.354 e. The topological polar surface area (TPSA) is 98.3 Å². The highest BCUT2D eigenvalue weighted by Gasteiger charge is 2.10. The third-order valence-electron chi connectivity index (χ3n) is 3.36. The van der Waals surface area contributed by atoms with Crippen molar-refractivity contribution in [2.45, 2.75) is 32.6 Å². The maximum absolute atomic E-state index is 11.1. The van der Waals surface area contributed by atoms with Crippen molar-refractivity contribution < 1.29 is 14.6 Å². The van der Waals surface area contributed by atoms with Crippen LogP contribution in [0.3, 0.4) is 0 Å². The molecule has 0 atom stereocenters. The lowest BCUT2D eigenvalue weighted by Gasteiger charge is -2.08. The Bertz CT molecular complexity index is 674. The van der Waals surface area contributed by atoms with Crippen LogP contribution in [0.15, 0.2) is 30.3 Å². The Labute approximate surface area is 135 Å². The van der Waals surface area contributed by atoms with Gasteiger partial charge in [-0.15, -0.1) is 0 Å². The summed E-state index contributed by atoms with van der Waals surface area (Å²) in [5.41, 5.74) is 6.66. The van der Waals surface area contributed by atoms with Crippen molar-refractivity contribution in [2.24, 2.45) is 0 Å². The summed E-state index contributed by atoms with van der Waals surface area (Å²) in [7, 11) is 0. The van der Waals surface area contributed by atoms with E-state index in [1.54, 1.807) is 0 Å². The van der Waals surface area contributed by atoms with Crippen LogP contribution >= 0.6 is 0 Å². The molecule has 0 aliphatic heterocycles. The van der Waals surface area contributed by atoms with Crippen molar-refractivity contribution in [1.82, 2.24) is 9.97 Å². The summed E-state index contributed by atoms with van der Waals surface area (Å²) >= 11 is 0. The first-order chi connectivity index (χ1) is 11.1. The molecule has 6 nitrogen and oxygen atoms in total. The fourth-order valence-corrected chi connectivity index (χ4v) is 2.19. The van der Waals surface area contributed by atoms with Crippen LogP contribution in [-0.4, -0.2) is 27.7 Å². The SMILES string of the molecule is CCCCCCOc1cccc(-c2cc(C(=O)O)nc(N)n2)c1. The highest BCUT2D eigenvalue weighted by atomic mass is 16.5. The standard InChI is InChI=1S/C17H21N3O3/c1-2-3-4-5-9-23-13-8-6-7-12(10-13)14-11-15(16(21)22)20-17(18)19-14/h6-8,10-11H,2-5,9H2,1H3,(H,21,22)(H2,18,19,20). The number of aromatic carboxylic acids is 1. The van der Waals surface area contributed by atoms with Crippen molar-refractivity contribution in [3.05, 3.63) is 36.0 Å². The van der Waals surface area contributed by atoms with Crippen LogP contribution in [0.5, 0.6) is 5.75 Å². The van der Waals surface area contributed by atoms with Gasteiger partial charge >= 0.3 is 5.97 Å². The van der Waals surface area contributed by atoms with E-state index in [1.165, 1.54) is 18.9 Å². The van der Waals surface area contributed by atoms with Gasteiger partial charge in [-0.1, -0.05) is 38.3 Å². The summed E-state index contributed by atoms with van der Waals surface area (Å²) in [5.74, 6) is -0.470. The van der Waals surface area contributed by atoms with Gasteiger partial charge in [0, 0.05) is 5.56 Å². The van der Waals surface area contributed by atoms with Gasteiger partial charge in [-0.25, -0.2) is 14.8 Å². The van der Waals surface area contributed by atoms with E-state index in [2.05, 4.69) is 16.9 Å². The second kappa shape index (κ2) is 8.12. The van der Waals surface area contributed by atoms with Crippen molar-refractivity contribution in [3.63, 3.8) is 0 Å². The molecule has 6 heteroatoms. The first kappa shape index (κ1) is 16.7. The number of hydrogen-bond acceptors (Lipinski definition) is 5. The Morgan fingerprint density at radius 2 is 2.04 bits per heavy atom. The largest absolute Gasteiger partial charge is 0.494 e. The van der Waals surface area contributed by atoms with Gasteiger partial charge in [0.25, 0.3) is 0 Å². The Morgan fingerprint density at radius 3 is 2.78 bits per heavy atom. The minimum absolute atomic E-state index is 0.0641. The Hall–Kier alpha value is -2.63. The van der Waals surface area contributed by atoms with Gasteiger partial charge in [0.05, 0.1) is 12.3 Å². The Kier molecular flexibility index (Phi) is 5.91. The minimum atomic E-state index is -1.14. The number of anilines is 1. The monoisotopic (exact) mass is 315 g/mol. The predicted octanol–water partition coefficient (Wildman–Crippen LogP) is 3.38. The molecule has 0 radical (unpaired) electrons. The van der Waals surface area contributed by atoms with Crippen LogP contribution in [-0.2, 0) is 0 Å². The van der Waals surface area contributed by atoms with Crippen LogP contribution in [0.1, 0.15) is 43.1 Å². The molecule has 0 spiro atoms. The summed E-state index contributed by atoms with van der Waals surface area (Å²) in [6.45, 7) is 2.83. The van der Waals surface area contributed by atoms with Crippen LogP contribution < -0.4 is 10.5 Å². The fraction of sp³-hybridized carbons (Fsp3) is 0.353. The summed E-state index contributed by atoms with van der Waals surface area (Å²) in [5, 5.41) is 9.05. The lowest BCUT2D eigenvalue weighted by Crippen LogP contribution is -2.06. The van der Waals surface area contributed by atoms with Gasteiger partial charge in [-0.05, 0) is 24.6 Å². The minimum Gasteiger partial charge on any atom is -0.494 e. The molecular formula is C17H21N3O3. The lowest BCUT2D eigenvalue weighted by atomic mass is 10.1. The molecule has 1 aromatic heterocycles. The number of rotatable bonds is 8. The van der Waals surface area contributed by atoms with Crippen molar-refractivity contribution in [3.8, 4) is 17.0 Å². The fourth-order valence-electron chi connectivity index (χ4n) is 2.19. The highest BCUT2D eigenvalue weighted by molar-refractivity contribution is 5.87. The molecule has 3 N–H and O–H groups in total. The maximum atomic E-state index is 11.1. The average Bonchev–Trinajstić information content (AvgIpc) is 2.54. The molecule has 23 heavy (non-hydrogen) atoms. The van der Waals surface area contributed by atoms with Crippen molar-refractivity contribution in [1.29, 1.82) is 0 Å². The normalized spacial score (nSPS) is 10.5. The van der Waals surface area contributed by atoms with E-state index in [-0.39, 0.29) is 11.6 Å². The van der Waals surface area contributed by atoms with Crippen molar-refractivity contribution >= 4 is 11.9 Å². The zero-order chi connectivity index (χ0) is 16.7. The summed E-state index contributed by atoms with van der Waals surface area (Å²) < 4.78 is 5.73. The van der Waals surface area contributed by atoms with Gasteiger partial charge in [-0.2, -0.15) is 0 Å². The molecule has 0 saturated carbocycles. The summed E-state index contributed by atoms with van der Waals surface area (Å²) in [6, 6.07) is 8.77. The number of carbonyl (C=O) groups is 1. The second-order valence-electron chi connectivity index (χ2n) is 5.24. The molecule has 0 aliphatic carbocycles. The third kappa shape index (κ3) is 4.95. The quantitative estimate of drug-likeness (QED) is 0.725. The third-order valence-corrected chi connectivity index (χ3v) is 3.36. The van der Waals surface area contributed by atoms with Crippen molar-refractivity contribution in [2.75, 3.05) is 12.3 Å². The molecule has 0 aliphatic rings. The summed E-state index contributed by atoms with van der Waals surface area (Å²) in [4.78, 5) is 18.9. The second-order valence-corrected chi connectivity index (χ2v) is 5.24. The molecule has 0 bridgehead atoms. The Balaban J connectivity index is 2.11. The number of ether oxygens (including phenoxy) is 1. The molecule has 0 fully saturated rings. The molecule has 1 aromatic carbocycles. The molecule has 1 heterocycles. The molecule has 2 rings (SSSR count). The first-order valence-electron chi connectivity index (χ1n) is 7.71. The number of nitrogens with two attached hydrogens (primary N) is 1. The van der Waals surface area contributed by atoms with E-state index in [0.29, 0.717) is 12.3 Å². The smallest absolute Gasteiger partial charge is 0.354 e. The number of nitrogens with zero attached hydrogens (tertiary/aromatic N) is 2. The number of unbranched alkanes of at least 4 members (excludes halogenated alkanes) is 3. The van der Waals surface area contributed by atoms with Gasteiger partial charge in [-0.3, -0.25) is 0 Å². The van der Waals surface area contributed by atoms with Crippen LogP contribution in [0.2, 0.25) is 0 Å². The van der Waals surface area contributed by atoms with Gasteiger partial charge in [0.15, 0.2) is 5.69 Å². The molecule has 2 aromatic rings. The number of nitrogen functional groups attached to an aromatic ring is 1. The average molecular weight is 315 g/mol. The molecule has 0 amide bonds. The van der Waals surface area contributed by atoms with E-state index in [1.807, 2.05) is 24.3 Å². The number of carboxylic acids is 1. The zero-order valence-electron chi connectivity index (χ0n) is 13.2. The van der Waals surface area contributed by atoms with Gasteiger partial charge < -0.3 is 15.6 Å². The highest BCUT2D eigenvalue weighted by Crippen LogP contribution is 2.23. The zero-order valence-corrected chi connectivity index (χ0v) is 13.2. The lowest BCUT2D eigenvalue weighted by molar-refractivity contribution is 0.0690. The van der Waals surface area contributed by atoms with E-state index in [4.69, 9.17) is 15.6 Å². The van der Waals surface area contributed by atoms with Crippen LogP contribution in [0.25, 0.3) is 11.3 Å². The summed E-state index contributed by atoms with van der Waals surface area (Å²) in [6.07, 6.45) is 4.57. The van der Waals surface area contributed by atoms with E-state index < -0.39 is 5.97 Å². The van der Waals surface area contributed by atoms with Crippen LogP contribution in [0.4, 0.5) is 5.95 Å². The van der Waals surface area contributed by atoms with Gasteiger partial charge in [0.2, 0.25) is 5.95 Å². The number of carboxylic acid groups (broad SMARTS) is 1. The molecule has 0 unspecified atom stereocenters. The molecular weight excluding hydrogens is 294 g/mol. The number of aromatic nitrogens is 2. The van der Waals surface area contributed by atoms with E-state index in [0.717, 1.165) is 24.2 Å². The molecule has 122 valence electrons. The first-order valence-corrected chi connectivity index (χ1v) is 7.71. The predicted molar refractivity (Wildman–Crippen MR) is 88.5 cm³/mol. The number of benzene rings is 1. The Morgan fingerprint density at radius 1 is 1.22 bits per heavy atom. The van der Waals surface area contributed by atoms with E-state index in [9.17, 15) is 4.79 Å². The van der Waals surface area contributed by atoms with E-state index >= 15 is 0 Å². The van der Waals surface area contributed by atoms with Crippen LogP contribution in [0, 0.1) is 0 Å². The molecule has 0 saturated heterocycles.